The van der Waals surface area contributed by atoms with E-state index in [1.165, 1.54) is 32.4 Å². The van der Waals surface area contributed by atoms with E-state index >= 15 is 0 Å². The van der Waals surface area contributed by atoms with Crippen LogP contribution in [0.1, 0.15) is 47.0 Å². The Balaban J connectivity index is 2.58. The van der Waals surface area contributed by atoms with E-state index < -0.39 is 0 Å². The monoisotopic (exact) mass is 198 g/mol. The summed E-state index contributed by atoms with van der Waals surface area (Å²) in [5.74, 6) is 0. The molecule has 0 aromatic heterocycles. The Morgan fingerprint density at radius 3 is 2.71 bits per heavy atom. The second-order valence-corrected chi connectivity index (χ2v) is 4.65. The van der Waals surface area contributed by atoms with Gasteiger partial charge in [0.25, 0.3) is 0 Å². The van der Waals surface area contributed by atoms with Gasteiger partial charge in [0.2, 0.25) is 0 Å². The molecule has 3 atom stereocenters. The second kappa shape index (κ2) is 5.72. The van der Waals surface area contributed by atoms with Gasteiger partial charge in [-0.3, -0.25) is 4.90 Å². The molecule has 1 fully saturated rings. The van der Waals surface area contributed by atoms with E-state index in [9.17, 15) is 0 Å². The number of nitrogens with zero attached hydrogens (tertiary/aromatic N) is 1. The molecule has 0 spiro atoms. The maximum Gasteiger partial charge on any atom is 0.0192 e. The van der Waals surface area contributed by atoms with Crippen LogP contribution in [-0.4, -0.2) is 36.1 Å². The zero-order valence-electron chi connectivity index (χ0n) is 10.2. The molecule has 14 heavy (non-hydrogen) atoms. The van der Waals surface area contributed by atoms with Gasteiger partial charge in [-0.15, -0.1) is 0 Å². The molecule has 0 bridgehead atoms. The Hall–Kier alpha value is -0.0800. The number of nitrogens with one attached hydrogen (secondary N) is 1. The molecule has 0 radical (unpaired) electrons. The lowest BCUT2D eigenvalue weighted by Gasteiger charge is -2.34. The van der Waals surface area contributed by atoms with Gasteiger partial charge >= 0.3 is 0 Å². The molecule has 1 aliphatic heterocycles. The first kappa shape index (κ1) is 12.0. The summed E-state index contributed by atoms with van der Waals surface area (Å²) in [6.07, 6.45) is 3.81. The van der Waals surface area contributed by atoms with Crippen LogP contribution in [0.15, 0.2) is 0 Å². The average Bonchev–Trinajstić information content (AvgIpc) is 2.39. The van der Waals surface area contributed by atoms with Crippen molar-refractivity contribution in [3.63, 3.8) is 0 Å². The van der Waals surface area contributed by atoms with Crippen LogP contribution in [0.2, 0.25) is 0 Å². The van der Waals surface area contributed by atoms with Crippen molar-refractivity contribution in [3.8, 4) is 0 Å². The van der Waals surface area contributed by atoms with Gasteiger partial charge in [0.1, 0.15) is 0 Å². The lowest BCUT2D eigenvalue weighted by Crippen LogP contribution is -2.44. The number of rotatable bonds is 3. The highest BCUT2D eigenvalue weighted by molar-refractivity contribution is 4.82. The zero-order chi connectivity index (χ0) is 10.6. The van der Waals surface area contributed by atoms with Gasteiger partial charge in [0.05, 0.1) is 0 Å². The van der Waals surface area contributed by atoms with Crippen LogP contribution in [-0.2, 0) is 0 Å². The highest BCUT2D eigenvalue weighted by Crippen LogP contribution is 2.15. The summed E-state index contributed by atoms with van der Waals surface area (Å²) in [5, 5.41) is 3.63. The van der Waals surface area contributed by atoms with Crippen molar-refractivity contribution in [2.75, 3.05) is 13.1 Å². The molecule has 0 amide bonds. The van der Waals surface area contributed by atoms with E-state index in [0.29, 0.717) is 6.04 Å². The maximum absolute atomic E-state index is 3.63. The summed E-state index contributed by atoms with van der Waals surface area (Å²) in [5.41, 5.74) is 0. The molecule has 2 heteroatoms. The SMILES string of the molecule is CCC1CN(C(C)CC)C(C)CCN1. The summed E-state index contributed by atoms with van der Waals surface area (Å²) >= 11 is 0. The summed E-state index contributed by atoms with van der Waals surface area (Å²) in [6, 6.07) is 2.18. The second-order valence-electron chi connectivity index (χ2n) is 4.65. The van der Waals surface area contributed by atoms with Gasteiger partial charge in [-0.25, -0.2) is 0 Å². The van der Waals surface area contributed by atoms with E-state index in [0.717, 1.165) is 12.1 Å². The van der Waals surface area contributed by atoms with Crippen LogP contribution in [0.5, 0.6) is 0 Å². The fraction of sp³-hybridized carbons (Fsp3) is 1.00. The van der Waals surface area contributed by atoms with Crippen molar-refractivity contribution in [1.29, 1.82) is 0 Å². The molecule has 1 N–H and O–H groups in total. The highest BCUT2D eigenvalue weighted by Gasteiger charge is 2.24. The molecular formula is C12H26N2. The van der Waals surface area contributed by atoms with Crippen molar-refractivity contribution in [3.05, 3.63) is 0 Å². The predicted molar refractivity (Wildman–Crippen MR) is 62.6 cm³/mol. The standard InChI is InChI=1S/C12H26N2/c1-5-10(3)14-9-12(6-2)13-8-7-11(14)4/h10-13H,5-9H2,1-4H3. The van der Waals surface area contributed by atoms with Gasteiger partial charge in [0, 0.05) is 24.7 Å². The first-order valence-corrected chi connectivity index (χ1v) is 6.18. The topological polar surface area (TPSA) is 15.3 Å². The van der Waals surface area contributed by atoms with Crippen LogP contribution in [0.25, 0.3) is 0 Å². The highest BCUT2D eigenvalue weighted by atomic mass is 15.2. The Morgan fingerprint density at radius 1 is 1.43 bits per heavy atom. The third kappa shape index (κ3) is 2.96. The molecule has 1 heterocycles. The largest absolute Gasteiger partial charge is 0.313 e. The first-order valence-electron chi connectivity index (χ1n) is 6.18. The molecule has 0 aromatic carbocycles. The molecule has 0 aliphatic carbocycles. The van der Waals surface area contributed by atoms with Crippen LogP contribution in [0.4, 0.5) is 0 Å². The fourth-order valence-electron chi connectivity index (χ4n) is 2.28. The number of hydrogen-bond donors (Lipinski definition) is 1. The third-order valence-electron chi connectivity index (χ3n) is 3.64. The smallest absolute Gasteiger partial charge is 0.0192 e. The number of hydrogen-bond acceptors (Lipinski definition) is 2. The molecule has 1 saturated heterocycles. The average molecular weight is 198 g/mol. The van der Waals surface area contributed by atoms with E-state index in [-0.39, 0.29) is 0 Å². The summed E-state index contributed by atoms with van der Waals surface area (Å²) in [7, 11) is 0. The fourth-order valence-corrected chi connectivity index (χ4v) is 2.28. The van der Waals surface area contributed by atoms with Crippen molar-refractivity contribution < 1.29 is 0 Å². The van der Waals surface area contributed by atoms with Gasteiger partial charge < -0.3 is 5.32 Å². The zero-order valence-corrected chi connectivity index (χ0v) is 10.2. The molecule has 2 nitrogen and oxygen atoms in total. The van der Waals surface area contributed by atoms with E-state index in [1.807, 2.05) is 0 Å². The van der Waals surface area contributed by atoms with Crippen LogP contribution in [0, 0.1) is 0 Å². The molecule has 1 rings (SSSR count). The van der Waals surface area contributed by atoms with E-state index in [4.69, 9.17) is 0 Å². The molecule has 0 aromatic rings. The van der Waals surface area contributed by atoms with Gasteiger partial charge in [0.15, 0.2) is 0 Å². The summed E-state index contributed by atoms with van der Waals surface area (Å²) < 4.78 is 0. The molecule has 1 aliphatic rings. The van der Waals surface area contributed by atoms with Crippen molar-refractivity contribution >= 4 is 0 Å². The molecule has 3 unspecified atom stereocenters. The first-order chi connectivity index (χ1) is 6.69. The van der Waals surface area contributed by atoms with Gasteiger partial charge in [-0.2, -0.15) is 0 Å². The van der Waals surface area contributed by atoms with Crippen LogP contribution in [0.3, 0.4) is 0 Å². The molecule has 0 saturated carbocycles. The minimum Gasteiger partial charge on any atom is -0.313 e. The normalized spacial score (nSPS) is 32.6. The van der Waals surface area contributed by atoms with Crippen LogP contribution < -0.4 is 5.32 Å². The maximum atomic E-state index is 3.63. The van der Waals surface area contributed by atoms with Gasteiger partial charge in [-0.1, -0.05) is 13.8 Å². The summed E-state index contributed by atoms with van der Waals surface area (Å²) in [6.45, 7) is 11.7. The van der Waals surface area contributed by atoms with E-state index in [2.05, 4.69) is 37.9 Å². The lowest BCUT2D eigenvalue weighted by molar-refractivity contribution is 0.146. The van der Waals surface area contributed by atoms with Gasteiger partial charge in [-0.05, 0) is 39.7 Å². The van der Waals surface area contributed by atoms with Crippen molar-refractivity contribution in [2.24, 2.45) is 0 Å². The van der Waals surface area contributed by atoms with Crippen molar-refractivity contribution in [1.82, 2.24) is 10.2 Å². The minimum atomic E-state index is 0.703. The molecule has 84 valence electrons. The Labute approximate surface area is 89.1 Å². The van der Waals surface area contributed by atoms with Crippen molar-refractivity contribution in [2.45, 2.75) is 65.1 Å². The quantitative estimate of drug-likeness (QED) is 0.748. The predicted octanol–water partition coefficient (Wildman–Crippen LogP) is 2.25. The minimum absolute atomic E-state index is 0.703. The Morgan fingerprint density at radius 2 is 2.14 bits per heavy atom. The molecular weight excluding hydrogens is 172 g/mol. The third-order valence-corrected chi connectivity index (χ3v) is 3.64. The van der Waals surface area contributed by atoms with Crippen LogP contribution >= 0.6 is 0 Å². The Bertz CT molecular complexity index is 156. The lowest BCUT2D eigenvalue weighted by atomic mass is 10.1. The summed E-state index contributed by atoms with van der Waals surface area (Å²) in [4.78, 5) is 2.67. The van der Waals surface area contributed by atoms with E-state index in [1.54, 1.807) is 0 Å². The Kier molecular flexibility index (Phi) is 4.90.